The maximum absolute atomic E-state index is 15.5. The standard InChI is InChI=1S/C32H24ClF3N2O3S/c1-20-8-12-22(13-9-20)31(32(34,35)36)37-29(40)27(28(39)21-10-14-23(33)15-11-21)30(42-2)38(31)24-16-18-26(19-17-24)41-25-6-4-3-5-7-25/h3-19H,1-2H3,(H,37,40). The molecule has 0 saturated carbocycles. The second kappa shape index (κ2) is 11.6. The topological polar surface area (TPSA) is 58.6 Å². The van der Waals surface area contributed by atoms with Gasteiger partial charge in [-0.15, -0.1) is 11.8 Å². The Hall–Kier alpha value is -4.21. The number of amides is 1. The summed E-state index contributed by atoms with van der Waals surface area (Å²) in [4.78, 5) is 28.2. The number of alkyl halides is 3. The van der Waals surface area contributed by atoms with Gasteiger partial charge in [0.05, 0.1) is 5.03 Å². The van der Waals surface area contributed by atoms with Crippen LogP contribution in [0.1, 0.15) is 21.5 Å². The van der Waals surface area contributed by atoms with E-state index in [1.165, 1.54) is 66.9 Å². The third kappa shape index (κ3) is 5.37. The van der Waals surface area contributed by atoms with Crippen molar-refractivity contribution < 1.29 is 27.5 Å². The van der Waals surface area contributed by atoms with E-state index in [0.29, 0.717) is 16.5 Å². The van der Waals surface area contributed by atoms with Crippen molar-refractivity contribution in [2.45, 2.75) is 18.8 Å². The average molecular weight is 609 g/mol. The van der Waals surface area contributed by atoms with Gasteiger partial charge in [-0.1, -0.05) is 59.6 Å². The molecule has 1 atom stereocenters. The first kappa shape index (κ1) is 29.3. The maximum atomic E-state index is 15.5. The van der Waals surface area contributed by atoms with Crippen LogP contribution in [0.25, 0.3) is 0 Å². The summed E-state index contributed by atoms with van der Waals surface area (Å²) in [5.74, 6) is -0.925. The van der Waals surface area contributed by atoms with Crippen molar-refractivity contribution in [1.29, 1.82) is 0 Å². The van der Waals surface area contributed by atoms with E-state index in [4.69, 9.17) is 16.3 Å². The number of hydrogen-bond donors (Lipinski definition) is 1. The Labute approximate surface area is 249 Å². The quantitative estimate of drug-likeness (QED) is 0.169. The van der Waals surface area contributed by atoms with E-state index in [0.717, 1.165) is 22.2 Å². The highest BCUT2D eigenvalue weighted by molar-refractivity contribution is 8.02. The third-order valence-electron chi connectivity index (χ3n) is 6.75. The zero-order valence-corrected chi connectivity index (χ0v) is 24.0. The van der Waals surface area contributed by atoms with Gasteiger partial charge in [0.25, 0.3) is 5.91 Å². The van der Waals surface area contributed by atoms with E-state index in [9.17, 15) is 9.59 Å². The SMILES string of the molecule is CSC1=C(C(=O)c2ccc(Cl)cc2)C(=O)NC(c2ccc(C)cc2)(C(F)(F)F)N1c1ccc(Oc2ccccc2)cc1. The summed E-state index contributed by atoms with van der Waals surface area (Å²) >= 11 is 6.85. The summed E-state index contributed by atoms with van der Waals surface area (Å²) in [7, 11) is 0. The van der Waals surface area contributed by atoms with Gasteiger partial charge < -0.3 is 10.1 Å². The Balaban J connectivity index is 1.73. The lowest BCUT2D eigenvalue weighted by atomic mass is 9.90. The van der Waals surface area contributed by atoms with Crippen molar-refractivity contribution in [2.24, 2.45) is 0 Å². The number of benzene rings is 4. The molecular weight excluding hydrogens is 585 g/mol. The van der Waals surface area contributed by atoms with Crippen molar-refractivity contribution in [3.8, 4) is 11.5 Å². The fraction of sp³-hybridized carbons (Fsp3) is 0.125. The molecule has 0 aromatic heterocycles. The molecule has 1 amide bonds. The van der Waals surface area contributed by atoms with Crippen molar-refractivity contribution in [3.63, 3.8) is 0 Å². The van der Waals surface area contributed by atoms with E-state index in [1.807, 2.05) is 6.07 Å². The van der Waals surface area contributed by atoms with Crippen LogP contribution in [0.15, 0.2) is 114 Å². The Bertz CT molecular complexity index is 1640. The van der Waals surface area contributed by atoms with Gasteiger partial charge in [-0.3, -0.25) is 14.5 Å². The van der Waals surface area contributed by atoms with Crippen molar-refractivity contribution in [1.82, 2.24) is 5.32 Å². The summed E-state index contributed by atoms with van der Waals surface area (Å²) in [5.41, 5.74) is -2.73. The fourth-order valence-corrected chi connectivity index (χ4v) is 5.68. The van der Waals surface area contributed by atoms with E-state index in [2.05, 4.69) is 5.32 Å². The van der Waals surface area contributed by atoms with Gasteiger partial charge in [0.15, 0.2) is 0 Å². The highest BCUT2D eigenvalue weighted by Crippen LogP contribution is 2.51. The molecule has 0 aliphatic carbocycles. The molecule has 0 saturated heterocycles. The lowest BCUT2D eigenvalue weighted by Gasteiger charge is -2.50. The molecule has 1 heterocycles. The minimum atomic E-state index is -5.02. The van der Waals surface area contributed by atoms with Gasteiger partial charge in [0.2, 0.25) is 11.4 Å². The molecule has 10 heteroatoms. The van der Waals surface area contributed by atoms with Crippen LogP contribution in [0, 0.1) is 6.92 Å². The van der Waals surface area contributed by atoms with Crippen LogP contribution < -0.4 is 15.0 Å². The van der Waals surface area contributed by atoms with Crippen LogP contribution in [-0.2, 0) is 10.5 Å². The van der Waals surface area contributed by atoms with Crippen molar-refractivity contribution in [3.05, 3.63) is 135 Å². The highest BCUT2D eigenvalue weighted by Gasteiger charge is 2.65. The van der Waals surface area contributed by atoms with Gasteiger partial charge in [0, 0.05) is 21.8 Å². The number of anilines is 1. The lowest BCUT2D eigenvalue weighted by Crippen LogP contribution is -2.69. The normalized spacial score (nSPS) is 17.2. The number of nitrogens with zero attached hydrogens (tertiary/aromatic N) is 1. The smallest absolute Gasteiger partial charge is 0.435 e. The van der Waals surface area contributed by atoms with Crippen molar-refractivity contribution >= 4 is 40.7 Å². The minimum absolute atomic E-state index is 0.0825. The van der Waals surface area contributed by atoms with Crippen molar-refractivity contribution in [2.75, 3.05) is 11.2 Å². The van der Waals surface area contributed by atoms with E-state index < -0.39 is 29.1 Å². The first-order valence-electron chi connectivity index (χ1n) is 12.7. The maximum Gasteiger partial charge on any atom is 0.435 e. The molecule has 4 aromatic carbocycles. The van der Waals surface area contributed by atoms with Crippen LogP contribution >= 0.6 is 23.4 Å². The van der Waals surface area contributed by atoms with Crippen LogP contribution in [0.2, 0.25) is 5.02 Å². The number of ether oxygens (including phenoxy) is 1. The molecule has 0 fully saturated rings. The number of hydrogen-bond acceptors (Lipinski definition) is 5. The van der Waals surface area contributed by atoms with Gasteiger partial charge in [-0.2, -0.15) is 13.2 Å². The van der Waals surface area contributed by atoms with Gasteiger partial charge in [0.1, 0.15) is 17.1 Å². The Kier molecular flexibility index (Phi) is 8.08. The number of rotatable bonds is 7. The number of ketones is 1. The molecule has 1 aliphatic heterocycles. The van der Waals surface area contributed by atoms with Crippen LogP contribution in [0.5, 0.6) is 11.5 Å². The van der Waals surface area contributed by atoms with Gasteiger partial charge in [-0.25, -0.2) is 0 Å². The molecule has 1 aliphatic rings. The fourth-order valence-electron chi connectivity index (χ4n) is 4.74. The molecule has 214 valence electrons. The first-order valence-corrected chi connectivity index (χ1v) is 14.3. The molecule has 0 bridgehead atoms. The number of thioether (sulfide) groups is 1. The predicted molar refractivity (Wildman–Crippen MR) is 159 cm³/mol. The Morgan fingerprint density at radius 3 is 2.05 bits per heavy atom. The summed E-state index contributed by atoms with van der Waals surface area (Å²) in [6.45, 7) is 1.75. The highest BCUT2D eigenvalue weighted by atomic mass is 35.5. The lowest BCUT2D eigenvalue weighted by molar-refractivity contribution is -0.201. The molecule has 0 spiro atoms. The molecule has 1 unspecified atom stereocenters. The number of carbonyl (C=O) groups is 2. The monoisotopic (exact) mass is 608 g/mol. The Morgan fingerprint density at radius 2 is 1.48 bits per heavy atom. The first-order chi connectivity index (χ1) is 20.0. The number of aryl methyl sites for hydroxylation is 1. The number of halogens is 4. The number of carbonyl (C=O) groups excluding carboxylic acids is 2. The summed E-state index contributed by atoms with van der Waals surface area (Å²) in [6, 6.07) is 26.5. The molecular formula is C32H24ClF3N2O3S. The van der Waals surface area contributed by atoms with Gasteiger partial charge in [-0.05, 0) is 73.8 Å². The summed E-state index contributed by atoms with van der Waals surface area (Å²) < 4.78 is 52.2. The van der Waals surface area contributed by atoms with E-state index in [1.54, 1.807) is 43.3 Å². The zero-order chi connectivity index (χ0) is 30.1. The predicted octanol–water partition coefficient (Wildman–Crippen LogP) is 8.25. The third-order valence-corrected chi connectivity index (χ3v) is 7.78. The second-order valence-electron chi connectivity index (χ2n) is 9.49. The minimum Gasteiger partial charge on any atom is -0.457 e. The number of nitrogens with one attached hydrogen (secondary N) is 1. The second-order valence-corrected chi connectivity index (χ2v) is 10.7. The molecule has 42 heavy (non-hydrogen) atoms. The van der Waals surface area contributed by atoms with Crippen LogP contribution in [-0.4, -0.2) is 24.1 Å². The number of para-hydroxylation sites is 1. The summed E-state index contributed by atoms with van der Waals surface area (Å²) in [5, 5.41) is 2.41. The molecule has 1 N–H and O–H groups in total. The van der Waals surface area contributed by atoms with Gasteiger partial charge >= 0.3 is 6.18 Å². The Morgan fingerprint density at radius 1 is 0.881 bits per heavy atom. The molecule has 4 aromatic rings. The molecule has 0 radical (unpaired) electrons. The molecule has 5 rings (SSSR count). The van der Waals surface area contributed by atoms with E-state index in [-0.39, 0.29) is 21.8 Å². The zero-order valence-electron chi connectivity index (χ0n) is 22.4. The van der Waals surface area contributed by atoms with Crippen LogP contribution in [0.3, 0.4) is 0 Å². The summed E-state index contributed by atoms with van der Waals surface area (Å²) in [6.07, 6.45) is -3.49. The average Bonchev–Trinajstić information content (AvgIpc) is 2.97. The molecule has 5 nitrogen and oxygen atoms in total. The largest absolute Gasteiger partial charge is 0.457 e. The van der Waals surface area contributed by atoms with Crippen LogP contribution in [0.4, 0.5) is 18.9 Å². The number of Topliss-reactive ketones (excluding diaryl/α,β-unsaturated/α-hetero) is 1. The van der Waals surface area contributed by atoms with E-state index >= 15 is 13.2 Å².